The normalized spacial score (nSPS) is 21.6. The van der Waals surface area contributed by atoms with Gasteiger partial charge in [-0.1, -0.05) is 13.0 Å². The Labute approximate surface area is 124 Å². The predicted molar refractivity (Wildman–Crippen MR) is 78.4 cm³/mol. The average molecular weight is 316 g/mol. The summed E-state index contributed by atoms with van der Waals surface area (Å²) in [4.78, 5) is 14.0. The number of rotatable bonds is 4. The first kappa shape index (κ1) is 15.3. The molecule has 1 aliphatic rings. The molecule has 2 atom stereocenters. The van der Waals surface area contributed by atoms with Crippen molar-refractivity contribution in [2.45, 2.75) is 25.2 Å². The number of carbonyl (C=O) groups excluding carboxylic acids is 1. The van der Waals surface area contributed by atoms with E-state index >= 15 is 0 Å². The second-order valence-electron chi connectivity index (χ2n) is 5.57. The lowest BCUT2D eigenvalue weighted by atomic mass is 10.1. The van der Waals surface area contributed by atoms with E-state index in [2.05, 4.69) is 6.92 Å². The molecule has 20 heavy (non-hydrogen) atoms. The van der Waals surface area contributed by atoms with E-state index in [1.165, 1.54) is 12.1 Å². The summed E-state index contributed by atoms with van der Waals surface area (Å²) in [5, 5.41) is 0. The first-order chi connectivity index (χ1) is 9.20. The summed E-state index contributed by atoms with van der Waals surface area (Å²) in [6.45, 7) is 4.65. The highest BCUT2D eigenvalue weighted by molar-refractivity contribution is 8.13. The van der Waals surface area contributed by atoms with Gasteiger partial charge in [-0.05, 0) is 42.9 Å². The van der Waals surface area contributed by atoms with Crippen LogP contribution >= 0.6 is 10.7 Å². The molecule has 1 aliphatic carbocycles. The summed E-state index contributed by atoms with van der Waals surface area (Å²) in [5.74, 6) is 1.06. The van der Waals surface area contributed by atoms with Crippen LogP contribution in [0.3, 0.4) is 0 Å². The Hall–Kier alpha value is -1.07. The zero-order valence-electron chi connectivity index (χ0n) is 11.8. The van der Waals surface area contributed by atoms with E-state index in [0.717, 1.165) is 12.0 Å². The molecular formula is C14H18ClNO3S. The molecule has 0 radical (unpaired) electrons. The van der Waals surface area contributed by atoms with E-state index in [-0.39, 0.29) is 10.8 Å². The second kappa shape index (κ2) is 5.37. The predicted octanol–water partition coefficient (Wildman–Crippen LogP) is 2.65. The molecule has 1 fully saturated rings. The van der Waals surface area contributed by atoms with Crippen LogP contribution in [0, 0.1) is 18.8 Å². The zero-order chi connectivity index (χ0) is 15.1. The highest BCUT2D eigenvalue weighted by atomic mass is 35.7. The molecule has 0 saturated heterocycles. The van der Waals surface area contributed by atoms with Gasteiger partial charge in [-0.3, -0.25) is 4.79 Å². The van der Waals surface area contributed by atoms with Crippen LogP contribution in [0.1, 0.15) is 29.3 Å². The lowest BCUT2D eigenvalue weighted by molar-refractivity contribution is 0.0786. The number of carbonyl (C=O) groups is 1. The van der Waals surface area contributed by atoms with Crippen molar-refractivity contribution < 1.29 is 13.2 Å². The van der Waals surface area contributed by atoms with E-state index in [9.17, 15) is 13.2 Å². The molecule has 2 rings (SSSR count). The zero-order valence-corrected chi connectivity index (χ0v) is 13.3. The minimum atomic E-state index is -3.82. The number of nitrogens with zero attached hydrogens (tertiary/aromatic N) is 1. The number of benzene rings is 1. The van der Waals surface area contributed by atoms with Gasteiger partial charge in [-0.2, -0.15) is 0 Å². The first-order valence-electron chi connectivity index (χ1n) is 6.51. The topological polar surface area (TPSA) is 54.5 Å². The Balaban J connectivity index is 2.24. The largest absolute Gasteiger partial charge is 0.341 e. The van der Waals surface area contributed by atoms with Gasteiger partial charge in [0.25, 0.3) is 15.0 Å². The van der Waals surface area contributed by atoms with Crippen LogP contribution in [0.4, 0.5) is 0 Å². The molecule has 0 aliphatic heterocycles. The SMILES string of the molecule is Cc1ccc(S(=O)(=O)Cl)cc1C(=O)N(C)CC1CC1C. The van der Waals surface area contributed by atoms with Gasteiger partial charge in [-0.25, -0.2) is 8.42 Å². The number of hydrogen-bond acceptors (Lipinski definition) is 3. The minimum absolute atomic E-state index is 0.0405. The Bertz CT molecular complexity index is 642. The lowest BCUT2D eigenvalue weighted by Gasteiger charge is -2.18. The molecule has 0 aromatic heterocycles. The second-order valence-corrected chi connectivity index (χ2v) is 8.14. The molecule has 0 heterocycles. The highest BCUT2D eigenvalue weighted by Crippen LogP contribution is 2.38. The van der Waals surface area contributed by atoms with Crippen LogP contribution in [0.15, 0.2) is 23.1 Å². The van der Waals surface area contributed by atoms with Gasteiger partial charge in [-0.15, -0.1) is 0 Å². The monoisotopic (exact) mass is 315 g/mol. The van der Waals surface area contributed by atoms with Crippen molar-refractivity contribution in [1.82, 2.24) is 4.90 Å². The summed E-state index contributed by atoms with van der Waals surface area (Å²) in [6, 6.07) is 4.38. The van der Waals surface area contributed by atoms with Crippen molar-refractivity contribution in [1.29, 1.82) is 0 Å². The van der Waals surface area contributed by atoms with E-state index < -0.39 is 9.05 Å². The fourth-order valence-electron chi connectivity index (χ4n) is 2.28. The van der Waals surface area contributed by atoms with Crippen LogP contribution in [-0.2, 0) is 9.05 Å². The molecule has 110 valence electrons. The smallest absolute Gasteiger partial charge is 0.261 e. The molecule has 1 amide bonds. The average Bonchev–Trinajstić information content (AvgIpc) is 3.03. The molecule has 6 heteroatoms. The highest BCUT2D eigenvalue weighted by Gasteiger charge is 2.34. The summed E-state index contributed by atoms with van der Waals surface area (Å²) < 4.78 is 22.7. The quantitative estimate of drug-likeness (QED) is 0.803. The van der Waals surface area contributed by atoms with Crippen LogP contribution in [-0.4, -0.2) is 32.8 Å². The third-order valence-corrected chi connectivity index (χ3v) is 5.20. The van der Waals surface area contributed by atoms with Crippen molar-refractivity contribution in [3.63, 3.8) is 0 Å². The molecular weight excluding hydrogens is 298 g/mol. The molecule has 1 saturated carbocycles. The van der Waals surface area contributed by atoms with Gasteiger partial charge in [0.1, 0.15) is 0 Å². The standard InChI is InChI=1S/C14H18ClNO3S/c1-9-4-5-12(20(15,18)19)7-13(9)14(17)16(3)8-11-6-10(11)2/h4-5,7,10-11H,6,8H2,1-3H3. The van der Waals surface area contributed by atoms with Crippen molar-refractivity contribution in [2.24, 2.45) is 11.8 Å². The van der Waals surface area contributed by atoms with Crippen molar-refractivity contribution in [2.75, 3.05) is 13.6 Å². The molecule has 0 bridgehead atoms. The van der Waals surface area contributed by atoms with E-state index in [1.54, 1.807) is 24.9 Å². The number of halogens is 1. The van der Waals surface area contributed by atoms with Crippen LogP contribution < -0.4 is 0 Å². The van der Waals surface area contributed by atoms with Gasteiger partial charge in [0.15, 0.2) is 0 Å². The maximum atomic E-state index is 12.4. The Kier molecular flexibility index (Phi) is 4.12. The summed E-state index contributed by atoms with van der Waals surface area (Å²) in [6.07, 6.45) is 1.15. The fourth-order valence-corrected chi connectivity index (χ4v) is 3.05. The van der Waals surface area contributed by atoms with Gasteiger partial charge < -0.3 is 4.90 Å². The van der Waals surface area contributed by atoms with Crippen LogP contribution in [0.25, 0.3) is 0 Å². The maximum Gasteiger partial charge on any atom is 0.261 e. The molecule has 0 N–H and O–H groups in total. The van der Waals surface area contributed by atoms with Crippen molar-refractivity contribution in [3.8, 4) is 0 Å². The van der Waals surface area contributed by atoms with Gasteiger partial charge in [0, 0.05) is 29.8 Å². The van der Waals surface area contributed by atoms with Crippen LogP contribution in [0.5, 0.6) is 0 Å². The minimum Gasteiger partial charge on any atom is -0.341 e. The van der Waals surface area contributed by atoms with Gasteiger partial charge in [0.2, 0.25) is 0 Å². The Morgan fingerprint density at radius 2 is 2.05 bits per heavy atom. The van der Waals surface area contributed by atoms with Crippen LogP contribution in [0.2, 0.25) is 0 Å². The van der Waals surface area contributed by atoms with E-state index in [4.69, 9.17) is 10.7 Å². The summed E-state index contributed by atoms with van der Waals surface area (Å²) in [5.41, 5.74) is 1.14. The number of aryl methyl sites for hydroxylation is 1. The van der Waals surface area contributed by atoms with E-state index in [1.807, 2.05) is 0 Å². The number of hydrogen-bond donors (Lipinski definition) is 0. The van der Waals surface area contributed by atoms with Gasteiger partial charge >= 0.3 is 0 Å². The van der Waals surface area contributed by atoms with Gasteiger partial charge in [0.05, 0.1) is 4.90 Å². The van der Waals surface area contributed by atoms with Crippen molar-refractivity contribution in [3.05, 3.63) is 29.3 Å². The molecule has 2 unspecified atom stereocenters. The van der Waals surface area contributed by atoms with Crippen molar-refractivity contribution >= 4 is 25.6 Å². The Morgan fingerprint density at radius 3 is 2.55 bits per heavy atom. The molecule has 0 spiro atoms. The molecule has 1 aromatic rings. The summed E-state index contributed by atoms with van der Waals surface area (Å²) >= 11 is 0. The van der Waals surface area contributed by atoms with E-state index in [0.29, 0.717) is 23.9 Å². The Morgan fingerprint density at radius 1 is 1.45 bits per heavy atom. The summed E-state index contributed by atoms with van der Waals surface area (Å²) in [7, 11) is 3.25. The number of amides is 1. The third kappa shape index (κ3) is 3.33. The first-order valence-corrected chi connectivity index (χ1v) is 8.82. The third-order valence-electron chi connectivity index (χ3n) is 3.85. The molecule has 4 nitrogen and oxygen atoms in total. The fraction of sp³-hybridized carbons (Fsp3) is 0.500. The maximum absolute atomic E-state index is 12.4. The lowest BCUT2D eigenvalue weighted by Crippen LogP contribution is -2.29. The molecule has 1 aromatic carbocycles.